The van der Waals surface area contributed by atoms with Crippen molar-refractivity contribution in [2.24, 2.45) is 5.16 Å². The Morgan fingerprint density at radius 1 is 0.460 bits per heavy atom. The van der Waals surface area contributed by atoms with E-state index in [4.69, 9.17) is 9.57 Å². The van der Waals surface area contributed by atoms with E-state index >= 15 is 0 Å². The Balaban J connectivity index is 3.86. The van der Waals surface area contributed by atoms with Crippen molar-refractivity contribution in [3.63, 3.8) is 0 Å². The summed E-state index contributed by atoms with van der Waals surface area (Å²) in [5, 5.41) is 14.2. The number of hydrogen-bond donors (Lipinski definition) is 1. The first-order valence-corrected chi connectivity index (χ1v) is 22.3. The summed E-state index contributed by atoms with van der Waals surface area (Å²) in [7, 11) is 0. The van der Waals surface area contributed by atoms with Crippen molar-refractivity contribution >= 4 is 11.7 Å². The highest BCUT2D eigenvalue weighted by molar-refractivity contribution is 5.83. The van der Waals surface area contributed by atoms with Gasteiger partial charge in [-0.15, -0.1) is 0 Å². The normalized spacial score (nSPS) is 11.4. The molecule has 298 valence electrons. The fourth-order valence-corrected chi connectivity index (χ4v) is 6.71. The maximum atomic E-state index is 12.0. The molecule has 0 rings (SSSR count). The van der Waals surface area contributed by atoms with E-state index in [2.05, 4.69) is 30.8 Å². The molecule has 0 saturated heterocycles. The number of ether oxygens (including phenoxy) is 1. The summed E-state index contributed by atoms with van der Waals surface area (Å²) < 4.78 is 5.41. The molecular formula is C44H88N2O4. The van der Waals surface area contributed by atoms with Gasteiger partial charge in [0.05, 0.1) is 18.9 Å². The molecule has 0 bridgehead atoms. The van der Waals surface area contributed by atoms with E-state index < -0.39 is 0 Å². The number of carbonyl (C=O) groups excluding carboxylic acids is 1. The van der Waals surface area contributed by atoms with Gasteiger partial charge in [0.15, 0.2) is 0 Å². The van der Waals surface area contributed by atoms with Gasteiger partial charge in [-0.25, -0.2) is 0 Å². The number of carbonyl (C=O) groups is 1. The van der Waals surface area contributed by atoms with Crippen molar-refractivity contribution in [2.45, 2.75) is 233 Å². The predicted molar refractivity (Wildman–Crippen MR) is 217 cm³/mol. The van der Waals surface area contributed by atoms with E-state index in [1.807, 2.05) is 0 Å². The molecule has 0 heterocycles. The first kappa shape index (κ1) is 48.9. The second-order valence-electron chi connectivity index (χ2n) is 15.1. The predicted octanol–water partition coefficient (Wildman–Crippen LogP) is 13.1. The number of aliphatic hydroxyl groups is 1. The summed E-state index contributed by atoms with van der Waals surface area (Å²) >= 11 is 0. The number of oxime groups is 1. The van der Waals surface area contributed by atoms with Crippen LogP contribution in [0.4, 0.5) is 0 Å². The number of aliphatic hydroxyl groups excluding tert-OH is 1. The molecule has 6 heteroatoms. The Kier molecular flexibility index (Phi) is 41.3. The quantitative estimate of drug-likeness (QED) is 0.0296. The second kappa shape index (κ2) is 42.3. The summed E-state index contributed by atoms with van der Waals surface area (Å²) in [6.07, 6.45) is 40.4. The average molecular weight is 709 g/mol. The van der Waals surface area contributed by atoms with Crippen LogP contribution in [0.2, 0.25) is 0 Å². The highest BCUT2D eigenvalue weighted by Gasteiger charge is 2.06. The van der Waals surface area contributed by atoms with E-state index in [1.165, 1.54) is 173 Å². The number of esters is 1. The average Bonchev–Trinajstić information content (AvgIpc) is 3.12. The molecule has 50 heavy (non-hydrogen) atoms. The summed E-state index contributed by atoms with van der Waals surface area (Å²) in [5.41, 5.74) is 1.30. The van der Waals surface area contributed by atoms with E-state index in [0.717, 1.165) is 64.8 Å². The van der Waals surface area contributed by atoms with E-state index in [1.54, 1.807) is 0 Å². The van der Waals surface area contributed by atoms with Crippen LogP contribution in [0.3, 0.4) is 0 Å². The lowest BCUT2D eigenvalue weighted by atomic mass is 10.0. The lowest BCUT2D eigenvalue weighted by Gasteiger charge is -2.21. The van der Waals surface area contributed by atoms with Gasteiger partial charge < -0.3 is 19.6 Å². The maximum Gasteiger partial charge on any atom is 0.305 e. The third-order valence-electron chi connectivity index (χ3n) is 10.1. The van der Waals surface area contributed by atoms with Crippen molar-refractivity contribution in [1.29, 1.82) is 0 Å². The molecular weight excluding hydrogens is 620 g/mol. The smallest absolute Gasteiger partial charge is 0.305 e. The van der Waals surface area contributed by atoms with E-state index in [0.29, 0.717) is 13.0 Å². The zero-order chi connectivity index (χ0) is 36.4. The second-order valence-corrected chi connectivity index (χ2v) is 15.1. The van der Waals surface area contributed by atoms with Gasteiger partial charge in [-0.1, -0.05) is 167 Å². The molecule has 6 nitrogen and oxygen atoms in total. The lowest BCUT2D eigenvalue weighted by molar-refractivity contribution is -0.143. The van der Waals surface area contributed by atoms with Crippen LogP contribution in [0, 0.1) is 0 Å². The molecule has 0 radical (unpaired) electrons. The van der Waals surface area contributed by atoms with Gasteiger partial charge in [0.1, 0.15) is 6.61 Å². The molecule has 0 fully saturated rings. The van der Waals surface area contributed by atoms with E-state index in [9.17, 15) is 9.90 Å². The number of nitrogens with zero attached hydrogens (tertiary/aromatic N) is 2. The van der Waals surface area contributed by atoms with Crippen molar-refractivity contribution in [3.05, 3.63) is 0 Å². The van der Waals surface area contributed by atoms with Gasteiger partial charge in [0.2, 0.25) is 0 Å². The molecule has 0 aliphatic rings. The third-order valence-corrected chi connectivity index (χ3v) is 10.1. The molecule has 0 aliphatic heterocycles. The van der Waals surface area contributed by atoms with Gasteiger partial charge in [0, 0.05) is 13.0 Å². The van der Waals surface area contributed by atoms with Gasteiger partial charge >= 0.3 is 5.97 Å². The van der Waals surface area contributed by atoms with E-state index in [-0.39, 0.29) is 12.6 Å². The largest absolute Gasteiger partial charge is 0.466 e. The maximum absolute atomic E-state index is 12.0. The highest BCUT2D eigenvalue weighted by atomic mass is 16.6. The summed E-state index contributed by atoms with van der Waals surface area (Å²) in [6, 6.07) is 0. The summed E-state index contributed by atoms with van der Waals surface area (Å²) in [4.78, 5) is 20.2. The molecule has 0 spiro atoms. The van der Waals surface area contributed by atoms with Gasteiger partial charge in [0.25, 0.3) is 0 Å². The zero-order valence-corrected chi connectivity index (χ0v) is 34.1. The van der Waals surface area contributed by atoms with Crippen molar-refractivity contribution in [3.8, 4) is 0 Å². The molecule has 0 amide bonds. The number of hydrogen-bond acceptors (Lipinski definition) is 6. The van der Waals surface area contributed by atoms with Gasteiger partial charge in [-0.2, -0.15) is 0 Å². The van der Waals surface area contributed by atoms with Crippen LogP contribution >= 0.6 is 0 Å². The van der Waals surface area contributed by atoms with Crippen molar-refractivity contribution < 1.29 is 19.5 Å². The molecule has 0 aromatic rings. The number of unbranched alkanes of at least 4 members (excludes halogenated alkanes) is 25. The fourth-order valence-electron chi connectivity index (χ4n) is 6.71. The van der Waals surface area contributed by atoms with Gasteiger partial charge in [-0.3, -0.25) is 4.79 Å². The minimum absolute atomic E-state index is 0.0191. The Bertz CT molecular complexity index is 684. The van der Waals surface area contributed by atoms with Crippen LogP contribution in [0.15, 0.2) is 5.16 Å². The van der Waals surface area contributed by atoms with Crippen LogP contribution < -0.4 is 0 Å². The standard InChI is InChI=1S/C44H88N2O4/c1-4-7-10-13-17-25-32-41-49-44(48)36-29-22-19-24-31-38-46(39-40-47)37-30-23-16-18-26-33-42-50-45-43(34-27-20-14-11-8-5-2)35-28-21-15-12-9-6-3/h47H,4-42H2,1-3H3. The van der Waals surface area contributed by atoms with Crippen molar-refractivity contribution in [1.82, 2.24) is 4.90 Å². The molecule has 0 unspecified atom stereocenters. The summed E-state index contributed by atoms with van der Waals surface area (Å²) in [5.74, 6) is -0.0191. The topological polar surface area (TPSA) is 71.4 Å². The van der Waals surface area contributed by atoms with Crippen LogP contribution in [-0.4, -0.2) is 61.1 Å². The van der Waals surface area contributed by atoms with Crippen LogP contribution in [0.5, 0.6) is 0 Å². The summed E-state index contributed by atoms with van der Waals surface area (Å²) in [6.45, 7) is 11.3. The molecule has 0 aromatic heterocycles. The lowest BCUT2D eigenvalue weighted by Crippen LogP contribution is -2.29. The zero-order valence-electron chi connectivity index (χ0n) is 34.1. The first-order chi connectivity index (χ1) is 24.7. The Morgan fingerprint density at radius 2 is 0.840 bits per heavy atom. The van der Waals surface area contributed by atoms with Crippen LogP contribution in [-0.2, 0) is 14.4 Å². The highest BCUT2D eigenvalue weighted by Crippen LogP contribution is 2.14. The molecule has 1 N–H and O–H groups in total. The SMILES string of the molecule is CCCCCCCCCOC(=O)CCCCCCCN(CCO)CCCCCCCCON=C(CCCCCCCC)CCCCCCCC. The Labute approximate surface area is 312 Å². The van der Waals surface area contributed by atoms with Crippen LogP contribution in [0.25, 0.3) is 0 Å². The Morgan fingerprint density at radius 3 is 1.30 bits per heavy atom. The monoisotopic (exact) mass is 709 g/mol. The minimum Gasteiger partial charge on any atom is -0.466 e. The molecule has 0 aromatic carbocycles. The minimum atomic E-state index is -0.0191. The molecule has 0 atom stereocenters. The third kappa shape index (κ3) is 38.1. The van der Waals surface area contributed by atoms with Gasteiger partial charge in [-0.05, 0) is 77.3 Å². The molecule has 0 saturated carbocycles. The van der Waals surface area contributed by atoms with Crippen LogP contribution in [0.1, 0.15) is 233 Å². The fraction of sp³-hybridized carbons (Fsp3) is 0.955. The van der Waals surface area contributed by atoms with Crippen molar-refractivity contribution in [2.75, 3.05) is 39.5 Å². The Hall–Kier alpha value is -1.14. The first-order valence-electron chi connectivity index (χ1n) is 22.3. The number of rotatable bonds is 42. The molecule has 0 aliphatic carbocycles.